The Kier molecular flexibility index (Phi) is 6.71. The minimum absolute atomic E-state index is 0.0637. The highest BCUT2D eigenvalue weighted by Crippen LogP contribution is 2.18. The quantitative estimate of drug-likeness (QED) is 0.446. The number of fused-ring (bicyclic) bond motifs is 1. The number of hydrogen-bond donors (Lipinski definition) is 1. The number of benzene rings is 1. The molecular formula is C20H22N4O4S. The normalized spacial score (nSPS) is 10.8. The number of hydrogen-bond acceptors (Lipinski definition) is 6. The van der Waals surface area contributed by atoms with Gasteiger partial charge in [0.1, 0.15) is 5.76 Å². The Morgan fingerprint density at radius 3 is 2.76 bits per heavy atom. The molecule has 2 heterocycles. The molecule has 0 aliphatic carbocycles. The molecule has 3 rings (SSSR count). The van der Waals surface area contributed by atoms with Crippen molar-refractivity contribution in [3.63, 3.8) is 0 Å². The smallest absolute Gasteiger partial charge is 0.262 e. The lowest BCUT2D eigenvalue weighted by atomic mass is 10.2. The van der Waals surface area contributed by atoms with Gasteiger partial charge < -0.3 is 14.6 Å². The number of furan rings is 1. The van der Waals surface area contributed by atoms with Gasteiger partial charge in [0.15, 0.2) is 5.16 Å². The van der Waals surface area contributed by atoms with Crippen molar-refractivity contribution in [2.45, 2.75) is 25.2 Å². The monoisotopic (exact) mass is 414 g/mol. The van der Waals surface area contributed by atoms with E-state index in [2.05, 4.69) is 10.3 Å². The van der Waals surface area contributed by atoms with E-state index in [1.54, 1.807) is 41.9 Å². The molecule has 0 saturated carbocycles. The van der Waals surface area contributed by atoms with Gasteiger partial charge in [0.25, 0.3) is 5.56 Å². The van der Waals surface area contributed by atoms with Crippen LogP contribution in [0.1, 0.15) is 12.7 Å². The van der Waals surface area contributed by atoms with Crippen LogP contribution in [0, 0.1) is 0 Å². The fourth-order valence-corrected chi connectivity index (χ4v) is 3.74. The van der Waals surface area contributed by atoms with E-state index in [4.69, 9.17) is 4.42 Å². The van der Waals surface area contributed by atoms with Gasteiger partial charge in [-0.25, -0.2) is 4.98 Å². The SMILES string of the molecule is CCn1c(SCC(=O)N(C)CC(=O)NCc2ccco2)nc2ccccc2c1=O. The summed E-state index contributed by atoms with van der Waals surface area (Å²) in [5, 5.41) is 3.74. The van der Waals surface area contributed by atoms with Crippen molar-refractivity contribution in [1.29, 1.82) is 0 Å². The summed E-state index contributed by atoms with van der Waals surface area (Å²) in [5.74, 6) is 0.208. The standard InChI is InChI=1S/C20H22N4O4S/c1-3-24-19(27)15-8-4-5-9-16(15)22-20(24)29-13-18(26)23(2)12-17(25)21-11-14-7-6-10-28-14/h4-10H,3,11-13H2,1-2H3,(H,21,25). The average Bonchev–Trinajstić information content (AvgIpc) is 3.24. The lowest BCUT2D eigenvalue weighted by Gasteiger charge is -2.17. The van der Waals surface area contributed by atoms with E-state index in [1.165, 1.54) is 22.9 Å². The molecule has 9 heteroatoms. The first-order chi connectivity index (χ1) is 14.0. The summed E-state index contributed by atoms with van der Waals surface area (Å²) in [5.41, 5.74) is 0.474. The second kappa shape index (κ2) is 9.42. The molecule has 0 saturated heterocycles. The number of rotatable bonds is 8. The van der Waals surface area contributed by atoms with Gasteiger partial charge in [0.2, 0.25) is 11.8 Å². The van der Waals surface area contributed by atoms with E-state index in [-0.39, 0.29) is 36.2 Å². The first-order valence-electron chi connectivity index (χ1n) is 9.15. The molecule has 0 bridgehead atoms. The maximum absolute atomic E-state index is 12.6. The molecule has 3 aromatic rings. The molecule has 0 aliphatic heterocycles. The van der Waals surface area contributed by atoms with Crippen molar-refractivity contribution in [2.75, 3.05) is 19.3 Å². The summed E-state index contributed by atoms with van der Waals surface area (Å²) in [6, 6.07) is 10.6. The Morgan fingerprint density at radius 2 is 2.03 bits per heavy atom. The zero-order chi connectivity index (χ0) is 20.8. The van der Waals surface area contributed by atoms with Gasteiger partial charge in [-0.1, -0.05) is 23.9 Å². The Bertz CT molecular complexity index is 1060. The van der Waals surface area contributed by atoms with Crippen LogP contribution in [-0.4, -0.2) is 45.6 Å². The highest BCUT2D eigenvalue weighted by atomic mass is 32.2. The summed E-state index contributed by atoms with van der Waals surface area (Å²) in [4.78, 5) is 42.9. The minimum Gasteiger partial charge on any atom is -0.467 e. The molecule has 0 radical (unpaired) electrons. The predicted octanol–water partition coefficient (Wildman–Crippen LogP) is 1.88. The average molecular weight is 414 g/mol. The number of para-hydroxylation sites is 1. The fraction of sp³-hybridized carbons (Fsp3) is 0.300. The fourth-order valence-electron chi connectivity index (χ4n) is 2.73. The van der Waals surface area contributed by atoms with Gasteiger partial charge in [-0.05, 0) is 31.2 Å². The molecule has 152 valence electrons. The molecule has 1 N–H and O–H groups in total. The topological polar surface area (TPSA) is 97.4 Å². The minimum atomic E-state index is -0.281. The summed E-state index contributed by atoms with van der Waals surface area (Å²) >= 11 is 1.19. The Labute approximate surface area is 171 Å². The summed E-state index contributed by atoms with van der Waals surface area (Å²) in [6.45, 7) is 2.52. The number of amides is 2. The van der Waals surface area contributed by atoms with Crippen LogP contribution in [0.3, 0.4) is 0 Å². The lowest BCUT2D eigenvalue weighted by molar-refractivity contribution is -0.132. The number of carbonyl (C=O) groups excluding carboxylic acids is 2. The van der Waals surface area contributed by atoms with E-state index in [0.717, 1.165) is 0 Å². The van der Waals surface area contributed by atoms with Crippen LogP contribution < -0.4 is 10.9 Å². The van der Waals surface area contributed by atoms with E-state index < -0.39 is 0 Å². The first-order valence-corrected chi connectivity index (χ1v) is 10.1. The second-order valence-corrected chi connectivity index (χ2v) is 7.30. The van der Waals surface area contributed by atoms with Gasteiger partial charge >= 0.3 is 0 Å². The molecule has 29 heavy (non-hydrogen) atoms. The molecule has 0 atom stereocenters. The van der Waals surface area contributed by atoms with E-state index in [9.17, 15) is 14.4 Å². The highest BCUT2D eigenvalue weighted by molar-refractivity contribution is 7.99. The van der Waals surface area contributed by atoms with Crippen molar-refractivity contribution in [3.05, 3.63) is 58.8 Å². The third-order valence-corrected chi connectivity index (χ3v) is 5.28. The summed E-state index contributed by atoms with van der Waals surface area (Å²) in [6.07, 6.45) is 1.53. The molecule has 2 aromatic heterocycles. The van der Waals surface area contributed by atoms with Gasteiger partial charge in [0, 0.05) is 13.6 Å². The second-order valence-electron chi connectivity index (χ2n) is 6.36. The summed E-state index contributed by atoms with van der Waals surface area (Å²) < 4.78 is 6.70. The van der Waals surface area contributed by atoms with E-state index >= 15 is 0 Å². The number of aromatic nitrogens is 2. The van der Waals surface area contributed by atoms with Gasteiger partial charge in [-0.3, -0.25) is 19.0 Å². The number of carbonyl (C=O) groups is 2. The highest BCUT2D eigenvalue weighted by Gasteiger charge is 2.16. The molecule has 1 aromatic carbocycles. The Balaban J connectivity index is 1.59. The third-order valence-electron chi connectivity index (χ3n) is 4.31. The van der Waals surface area contributed by atoms with Crippen LogP contribution in [0.2, 0.25) is 0 Å². The number of nitrogens with zero attached hydrogens (tertiary/aromatic N) is 3. The van der Waals surface area contributed by atoms with Crippen molar-refractivity contribution in [2.24, 2.45) is 0 Å². The number of thioether (sulfide) groups is 1. The first kappa shape index (κ1) is 20.7. The number of nitrogens with one attached hydrogen (secondary N) is 1. The molecule has 0 unspecified atom stereocenters. The van der Waals surface area contributed by atoms with Crippen molar-refractivity contribution in [3.8, 4) is 0 Å². The predicted molar refractivity (Wildman–Crippen MR) is 111 cm³/mol. The molecule has 2 amide bonds. The molecule has 8 nitrogen and oxygen atoms in total. The maximum atomic E-state index is 12.6. The van der Waals surface area contributed by atoms with Crippen LogP contribution in [0.15, 0.2) is 57.0 Å². The lowest BCUT2D eigenvalue weighted by Crippen LogP contribution is -2.38. The van der Waals surface area contributed by atoms with Crippen LogP contribution in [0.4, 0.5) is 0 Å². The number of likely N-dealkylation sites (N-methyl/N-ethyl adjacent to an activating group) is 1. The van der Waals surface area contributed by atoms with Crippen LogP contribution in [-0.2, 0) is 22.7 Å². The maximum Gasteiger partial charge on any atom is 0.262 e. The molecule has 0 aliphatic rings. The zero-order valence-corrected chi connectivity index (χ0v) is 17.1. The zero-order valence-electron chi connectivity index (χ0n) is 16.3. The van der Waals surface area contributed by atoms with Crippen LogP contribution >= 0.6 is 11.8 Å². The van der Waals surface area contributed by atoms with E-state index in [1.807, 2.05) is 13.0 Å². The third kappa shape index (κ3) is 5.05. The largest absolute Gasteiger partial charge is 0.467 e. The van der Waals surface area contributed by atoms with Crippen LogP contribution in [0.5, 0.6) is 0 Å². The van der Waals surface area contributed by atoms with E-state index in [0.29, 0.717) is 28.4 Å². The molecule has 0 fully saturated rings. The Hall–Kier alpha value is -3.07. The Morgan fingerprint density at radius 1 is 1.24 bits per heavy atom. The van der Waals surface area contributed by atoms with Crippen molar-refractivity contribution < 1.29 is 14.0 Å². The van der Waals surface area contributed by atoms with Gasteiger partial charge in [-0.15, -0.1) is 0 Å². The van der Waals surface area contributed by atoms with Crippen molar-refractivity contribution in [1.82, 2.24) is 19.8 Å². The molecular weight excluding hydrogens is 392 g/mol. The van der Waals surface area contributed by atoms with Gasteiger partial charge in [-0.2, -0.15) is 0 Å². The van der Waals surface area contributed by atoms with Gasteiger partial charge in [0.05, 0.1) is 36.0 Å². The summed E-state index contributed by atoms with van der Waals surface area (Å²) in [7, 11) is 1.57. The molecule has 0 spiro atoms. The van der Waals surface area contributed by atoms with Crippen LogP contribution in [0.25, 0.3) is 10.9 Å². The van der Waals surface area contributed by atoms with Crippen molar-refractivity contribution >= 4 is 34.5 Å².